The quantitative estimate of drug-likeness (QED) is 0.303. The van der Waals surface area contributed by atoms with E-state index in [1.54, 1.807) is 25.1 Å². The van der Waals surface area contributed by atoms with Crippen molar-refractivity contribution < 1.29 is 23.8 Å². The number of esters is 1. The molecule has 2 aliphatic rings. The van der Waals surface area contributed by atoms with Crippen molar-refractivity contribution in [3.05, 3.63) is 109 Å². The van der Waals surface area contributed by atoms with Crippen LogP contribution in [0.5, 0.6) is 11.5 Å². The van der Waals surface area contributed by atoms with E-state index in [9.17, 15) is 9.59 Å². The van der Waals surface area contributed by atoms with Gasteiger partial charge in [-0.05, 0) is 49.2 Å². The molecule has 1 heterocycles. The SMILES string of the molecule is CCOc1cc([C@@H]2C(C(=O)OC)=C(C)NC3=C2C(=O)c2ccccc23)cc(Cl)c1OCc1ccc(Br)cc1. The molecule has 0 unspecified atom stereocenters. The molecule has 38 heavy (non-hydrogen) atoms. The first-order valence-corrected chi connectivity index (χ1v) is 13.3. The van der Waals surface area contributed by atoms with E-state index in [2.05, 4.69) is 21.2 Å². The van der Waals surface area contributed by atoms with E-state index >= 15 is 0 Å². The van der Waals surface area contributed by atoms with Gasteiger partial charge < -0.3 is 19.5 Å². The minimum Gasteiger partial charge on any atom is -0.490 e. The molecule has 0 bridgehead atoms. The summed E-state index contributed by atoms with van der Waals surface area (Å²) in [5, 5.41) is 3.60. The number of nitrogens with one attached hydrogen (secondary N) is 1. The molecule has 1 N–H and O–H groups in total. The first-order chi connectivity index (χ1) is 18.3. The van der Waals surface area contributed by atoms with Gasteiger partial charge in [-0.2, -0.15) is 0 Å². The van der Waals surface area contributed by atoms with Gasteiger partial charge in [0.05, 0.1) is 30.0 Å². The van der Waals surface area contributed by atoms with E-state index in [0.29, 0.717) is 56.8 Å². The maximum atomic E-state index is 13.7. The van der Waals surface area contributed by atoms with Crippen LogP contribution in [0, 0.1) is 0 Å². The second-order valence-electron chi connectivity index (χ2n) is 8.93. The van der Waals surface area contributed by atoms with Gasteiger partial charge in [-0.1, -0.05) is 63.9 Å². The minimum atomic E-state index is -0.712. The van der Waals surface area contributed by atoms with Gasteiger partial charge >= 0.3 is 5.97 Å². The number of carbonyl (C=O) groups is 2. The lowest BCUT2D eigenvalue weighted by molar-refractivity contribution is -0.136. The zero-order valence-electron chi connectivity index (χ0n) is 21.1. The number of fused-ring (bicyclic) bond motifs is 2. The monoisotopic (exact) mass is 593 g/mol. The summed E-state index contributed by atoms with van der Waals surface area (Å²) in [5.74, 6) is -0.565. The van der Waals surface area contributed by atoms with E-state index in [1.807, 2.05) is 49.4 Å². The summed E-state index contributed by atoms with van der Waals surface area (Å²) >= 11 is 10.2. The van der Waals surface area contributed by atoms with Crippen LogP contribution in [0.15, 0.2) is 82.0 Å². The van der Waals surface area contributed by atoms with Gasteiger partial charge in [-0.15, -0.1) is 0 Å². The van der Waals surface area contributed by atoms with Crippen LogP contribution in [0.3, 0.4) is 0 Å². The van der Waals surface area contributed by atoms with Gasteiger partial charge in [0, 0.05) is 32.8 Å². The average molecular weight is 595 g/mol. The van der Waals surface area contributed by atoms with Gasteiger partial charge in [0.15, 0.2) is 17.3 Å². The molecule has 0 fully saturated rings. The molecule has 1 atom stereocenters. The van der Waals surface area contributed by atoms with Crippen molar-refractivity contribution in [3.63, 3.8) is 0 Å². The summed E-state index contributed by atoms with van der Waals surface area (Å²) in [6.45, 7) is 4.33. The van der Waals surface area contributed by atoms with E-state index in [1.165, 1.54) is 7.11 Å². The largest absolute Gasteiger partial charge is 0.490 e. The Labute approximate surface area is 234 Å². The molecule has 0 saturated heterocycles. The maximum absolute atomic E-state index is 13.7. The fourth-order valence-corrected chi connectivity index (χ4v) is 5.47. The van der Waals surface area contributed by atoms with E-state index in [4.69, 9.17) is 25.8 Å². The molecule has 0 aromatic heterocycles. The Morgan fingerprint density at radius 1 is 1.05 bits per heavy atom. The highest BCUT2D eigenvalue weighted by molar-refractivity contribution is 9.10. The molecule has 0 radical (unpaired) electrons. The van der Waals surface area contributed by atoms with E-state index in [0.717, 1.165) is 15.6 Å². The fraction of sp³-hybridized carbons (Fsp3) is 0.200. The van der Waals surface area contributed by atoms with Crippen molar-refractivity contribution in [2.45, 2.75) is 26.4 Å². The third-order valence-corrected chi connectivity index (χ3v) is 7.43. The van der Waals surface area contributed by atoms with Crippen LogP contribution in [-0.4, -0.2) is 25.5 Å². The molecular weight excluding hydrogens is 570 g/mol. The third kappa shape index (κ3) is 4.61. The minimum absolute atomic E-state index is 0.147. The highest BCUT2D eigenvalue weighted by Crippen LogP contribution is 2.49. The molecule has 3 aromatic carbocycles. The van der Waals surface area contributed by atoms with E-state index in [-0.39, 0.29) is 12.4 Å². The summed E-state index contributed by atoms with van der Waals surface area (Å²) < 4.78 is 18.1. The standard InChI is InChI=1S/C30H25BrClNO5/c1-4-37-23-14-18(13-22(32)29(23)38-15-17-9-11-19(31)12-10-17)25-24(30(35)36-3)16(2)33-27-20-7-5-6-8-21(20)28(34)26(25)27/h5-14,25,33H,4,15H2,1-3H3/t25-/m1/s1. The fourth-order valence-electron chi connectivity index (χ4n) is 4.94. The van der Waals surface area contributed by atoms with Crippen molar-refractivity contribution in [2.75, 3.05) is 13.7 Å². The topological polar surface area (TPSA) is 73.9 Å². The molecule has 0 spiro atoms. The van der Waals surface area contributed by atoms with Crippen LogP contribution in [0.25, 0.3) is 5.70 Å². The second-order valence-corrected chi connectivity index (χ2v) is 10.3. The second kappa shape index (κ2) is 10.7. The molecule has 5 rings (SSSR count). The lowest BCUT2D eigenvalue weighted by Crippen LogP contribution is -2.29. The Morgan fingerprint density at radius 3 is 2.45 bits per heavy atom. The smallest absolute Gasteiger partial charge is 0.336 e. The number of ether oxygens (including phenoxy) is 3. The maximum Gasteiger partial charge on any atom is 0.336 e. The highest BCUT2D eigenvalue weighted by Gasteiger charge is 2.43. The Bertz CT molecular complexity index is 1510. The van der Waals surface area contributed by atoms with Crippen LogP contribution in [0.1, 0.15) is 46.8 Å². The van der Waals surface area contributed by atoms with Crippen LogP contribution in [-0.2, 0) is 16.1 Å². The van der Waals surface area contributed by atoms with Crippen molar-refractivity contribution in [2.24, 2.45) is 0 Å². The molecule has 6 nitrogen and oxygen atoms in total. The number of halogens is 2. The van der Waals surface area contributed by atoms with Crippen molar-refractivity contribution in [1.29, 1.82) is 0 Å². The van der Waals surface area contributed by atoms with Gasteiger partial charge in [0.1, 0.15) is 6.61 Å². The zero-order valence-corrected chi connectivity index (χ0v) is 23.4. The lowest BCUT2D eigenvalue weighted by atomic mass is 9.79. The summed E-state index contributed by atoms with van der Waals surface area (Å²) in [5.41, 5.74) is 5.08. The first-order valence-electron chi connectivity index (χ1n) is 12.1. The van der Waals surface area contributed by atoms with Gasteiger partial charge in [0.2, 0.25) is 0 Å². The number of rotatable bonds is 7. The Kier molecular flexibility index (Phi) is 7.32. The Hall–Kier alpha value is -3.55. The molecule has 0 saturated carbocycles. The predicted octanol–water partition coefficient (Wildman–Crippen LogP) is 6.82. The van der Waals surface area contributed by atoms with Crippen molar-refractivity contribution >= 4 is 45.0 Å². The third-order valence-electron chi connectivity index (χ3n) is 6.62. The molecule has 1 aliphatic carbocycles. The van der Waals surface area contributed by atoms with Gasteiger partial charge in [0.25, 0.3) is 0 Å². The van der Waals surface area contributed by atoms with E-state index < -0.39 is 11.9 Å². The van der Waals surface area contributed by atoms with Crippen LogP contribution >= 0.6 is 27.5 Å². The zero-order chi connectivity index (χ0) is 27.0. The number of hydrogen-bond acceptors (Lipinski definition) is 6. The number of ketones is 1. The molecule has 194 valence electrons. The molecule has 8 heteroatoms. The molecule has 0 amide bonds. The van der Waals surface area contributed by atoms with Crippen LogP contribution < -0.4 is 14.8 Å². The summed E-state index contributed by atoms with van der Waals surface area (Å²) in [4.78, 5) is 26.7. The summed E-state index contributed by atoms with van der Waals surface area (Å²) in [6, 6.07) is 18.7. The number of methoxy groups -OCH3 is 1. The molecular formula is C30H25BrClNO5. The Morgan fingerprint density at radius 2 is 1.76 bits per heavy atom. The number of allylic oxidation sites excluding steroid dienone is 2. The Balaban J connectivity index is 1.61. The summed E-state index contributed by atoms with van der Waals surface area (Å²) in [6.07, 6.45) is 0. The van der Waals surface area contributed by atoms with Crippen molar-refractivity contribution in [1.82, 2.24) is 5.32 Å². The van der Waals surface area contributed by atoms with Crippen LogP contribution in [0.4, 0.5) is 0 Å². The lowest BCUT2D eigenvalue weighted by Gasteiger charge is -2.29. The summed E-state index contributed by atoms with van der Waals surface area (Å²) in [7, 11) is 1.33. The van der Waals surface area contributed by atoms with Gasteiger partial charge in [-0.25, -0.2) is 4.79 Å². The molecule has 3 aromatic rings. The average Bonchev–Trinajstić information content (AvgIpc) is 3.19. The molecule has 1 aliphatic heterocycles. The normalized spacial score (nSPS) is 16.1. The number of carbonyl (C=O) groups excluding carboxylic acids is 2. The first kappa shape index (κ1) is 26.1. The number of dihydropyridines is 1. The number of Topliss-reactive ketones (excluding diaryl/α,β-unsaturated/α-hetero) is 1. The number of hydrogen-bond donors (Lipinski definition) is 1. The predicted molar refractivity (Wildman–Crippen MR) is 149 cm³/mol. The number of benzene rings is 3. The van der Waals surface area contributed by atoms with Gasteiger partial charge in [-0.3, -0.25) is 4.79 Å². The van der Waals surface area contributed by atoms with Crippen molar-refractivity contribution in [3.8, 4) is 11.5 Å². The van der Waals surface area contributed by atoms with Crippen LogP contribution in [0.2, 0.25) is 5.02 Å². The highest BCUT2D eigenvalue weighted by atomic mass is 79.9.